The first-order chi connectivity index (χ1) is 6.65. The number of amides is 1. The topological polar surface area (TPSA) is 94.0 Å². The van der Waals surface area contributed by atoms with Crippen molar-refractivity contribution in [2.24, 2.45) is 11.5 Å². The van der Waals surface area contributed by atoms with Crippen molar-refractivity contribution in [3.05, 3.63) is 23.4 Å². The summed E-state index contributed by atoms with van der Waals surface area (Å²) in [6, 6.07) is 3.37. The summed E-state index contributed by atoms with van der Waals surface area (Å²) >= 11 is 0. The lowest BCUT2D eigenvalue weighted by molar-refractivity contribution is 0.0999. The van der Waals surface area contributed by atoms with E-state index in [0.717, 1.165) is 0 Å². The average Bonchev–Trinajstić information content (AvgIpc) is 2.14. The number of hydrogen-bond acceptors (Lipinski definition) is 4. The van der Waals surface area contributed by atoms with Crippen molar-refractivity contribution in [1.82, 2.24) is 4.98 Å². The van der Waals surface area contributed by atoms with Crippen LogP contribution in [-0.2, 0) is 0 Å². The van der Waals surface area contributed by atoms with Crippen LogP contribution in [0.5, 0.6) is 0 Å². The Bertz CT molecular complexity index is 338. The Labute approximate surface area is 82.5 Å². The number of pyridine rings is 1. The minimum atomic E-state index is -0.458. The number of aryl methyl sites for hydroxylation is 1. The number of anilines is 1. The second kappa shape index (κ2) is 4.57. The van der Waals surface area contributed by atoms with E-state index in [4.69, 9.17) is 11.5 Å². The Morgan fingerprint density at radius 2 is 2.29 bits per heavy atom. The molecule has 0 saturated heterocycles. The van der Waals surface area contributed by atoms with Crippen molar-refractivity contribution in [2.75, 3.05) is 18.4 Å². The number of hydrogen-bond donors (Lipinski definition) is 3. The van der Waals surface area contributed by atoms with Crippen LogP contribution in [0.25, 0.3) is 0 Å². The molecule has 0 aliphatic rings. The minimum Gasteiger partial charge on any atom is -0.369 e. The summed E-state index contributed by atoms with van der Waals surface area (Å²) in [5, 5.41) is 3.01. The molecule has 0 saturated carbocycles. The van der Waals surface area contributed by atoms with E-state index in [0.29, 0.717) is 30.2 Å². The van der Waals surface area contributed by atoms with E-state index in [-0.39, 0.29) is 0 Å². The molecule has 0 spiro atoms. The first-order valence-corrected chi connectivity index (χ1v) is 4.36. The van der Waals surface area contributed by atoms with Crippen LogP contribution in [0.1, 0.15) is 16.1 Å². The van der Waals surface area contributed by atoms with Gasteiger partial charge in [-0.2, -0.15) is 0 Å². The molecule has 5 N–H and O–H groups in total. The Balaban J connectivity index is 2.83. The molecule has 0 radical (unpaired) electrons. The zero-order valence-electron chi connectivity index (χ0n) is 8.08. The second-order valence-corrected chi connectivity index (χ2v) is 2.91. The first-order valence-electron chi connectivity index (χ1n) is 4.36. The van der Waals surface area contributed by atoms with Gasteiger partial charge < -0.3 is 16.8 Å². The summed E-state index contributed by atoms with van der Waals surface area (Å²) < 4.78 is 0. The molecule has 1 heterocycles. The van der Waals surface area contributed by atoms with Crippen LogP contribution in [0.4, 0.5) is 5.82 Å². The van der Waals surface area contributed by atoms with Crippen molar-refractivity contribution < 1.29 is 4.79 Å². The SMILES string of the molecule is Cc1nc(NCCN)ccc1C(N)=O. The molecule has 76 valence electrons. The monoisotopic (exact) mass is 194 g/mol. The number of carbonyl (C=O) groups is 1. The van der Waals surface area contributed by atoms with Gasteiger partial charge in [0.2, 0.25) is 0 Å². The summed E-state index contributed by atoms with van der Waals surface area (Å²) in [6.45, 7) is 2.94. The van der Waals surface area contributed by atoms with Crippen LogP contribution in [0.15, 0.2) is 12.1 Å². The number of nitrogens with zero attached hydrogens (tertiary/aromatic N) is 1. The molecule has 0 unspecified atom stereocenters. The van der Waals surface area contributed by atoms with Gasteiger partial charge in [0, 0.05) is 13.1 Å². The Hall–Kier alpha value is -1.62. The largest absolute Gasteiger partial charge is 0.369 e. The third kappa shape index (κ3) is 2.43. The maximum Gasteiger partial charge on any atom is 0.250 e. The summed E-state index contributed by atoms with van der Waals surface area (Å²) in [4.78, 5) is 15.1. The molecule has 1 amide bonds. The number of carbonyl (C=O) groups excluding carboxylic acids is 1. The Morgan fingerprint density at radius 3 is 2.79 bits per heavy atom. The fraction of sp³-hybridized carbons (Fsp3) is 0.333. The third-order valence-corrected chi connectivity index (χ3v) is 1.80. The van der Waals surface area contributed by atoms with Crippen molar-refractivity contribution in [1.29, 1.82) is 0 Å². The molecule has 5 heteroatoms. The van der Waals surface area contributed by atoms with E-state index in [1.54, 1.807) is 19.1 Å². The van der Waals surface area contributed by atoms with Gasteiger partial charge in [-0.3, -0.25) is 4.79 Å². The predicted molar refractivity (Wildman–Crippen MR) is 55.0 cm³/mol. The number of nitrogens with two attached hydrogens (primary N) is 2. The molecule has 0 bridgehead atoms. The molecule has 1 rings (SSSR count). The van der Waals surface area contributed by atoms with E-state index in [2.05, 4.69) is 10.3 Å². The van der Waals surface area contributed by atoms with Gasteiger partial charge in [0.1, 0.15) is 5.82 Å². The molecule has 1 aromatic heterocycles. The van der Waals surface area contributed by atoms with E-state index >= 15 is 0 Å². The molecule has 0 aliphatic carbocycles. The van der Waals surface area contributed by atoms with Gasteiger partial charge in [0.05, 0.1) is 11.3 Å². The fourth-order valence-electron chi connectivity index (χ4n) is 1.12. The van der Waals surface area contributed by atoms with Crippen molar-refractivity contribution in [3.8, 4) is 0 Å². The summed E-state index contributed by atoms with van der Waals surface area (Å²) in [5.41, 5.74) is 11.5. The van der Waals surface area contributed by atoms with Crippen LogP contribution < -0.4 is 16.8 Å². The molecule has 0 fully saturated rings. The molecule has 1 aromatic rings. The first kappa shape index (κ1) is 10.5. The molecule has 0 aliphatic heterocycles. The Kier molecular flexibility index (Phi) is 3.41. The lowest BCUT2D eigenvalue weighted by Crippen LogP contribution is -2.16. The van der Waals surface area contributed by atoms with Crippen LogP contribution in [0.3, 0.4) is 0 Å². The third-order valence-electron chi connectivity index (χ3n) is 1.80. The highest BCUT2D eigenvalue weighted by Crippen LogP contribution is 2.09. The predicted octanol–water partition coefficient (Wildman–Crippen LogP) is -0.140. The van der Waals surface area contributed by atoms with Crippen LogP contribution >= 0.6 is 0 Å². The van der Waals surface area contributed by atoms with Crippen LogP contribution in [0, 0.1) is 6.92 Å². The summed E-state index contributed by atoms with van der Waals surface area (Å²) in [7, 11) is 0. The van der Waals surface area contributed by atoms with E-state index < -0.39 is 5.91 Å². The quantitative estimate of drug-likeness (QED) is 0.621. The number of nitrogens with one attached hydrogen (secondary N) is 1. The van der Waals surface area contributed by atoms with Crippen molar-refractivity contribution >= 4 is 11.7 Å². The maximum absolute atomic E-state index is 10.9. The van der Waals surface area contributed by atoms with E-state index in [9.17, 15) is 4.79 Å². The van der Waals surface area contributed by atoms with E-state index in [1.807, 2.05) is 0 Å². The maximum atomic E-state index is 10.9. The zero-order chi connectivity index (χ0) is 10.6. The minimum absolute atomic E-state index is 0.447. The van der Waals surface area contributed by atoms with Gasteiger partial charge in [-0.05, 0) is 19.1 Å². The highest BCUT2D eigenvalue weighted by molar-refractivity contribution is 5.93. The van der Waals surface area contributed by atoms with Gasteiger partial charge in [0.25, 0.3) is 5.91 Å². The number of primary amides is 1. The van der Waals surface area contributed by atoms with Gasteiger partial charge in [-0.25, -0.2) is 4.98 Å². The molecule has 14 heavy (non-hydrogen) atoms. The zero-order valence-corrected chi connectivity index (χ0v) is 8.08. The summed E-state index contributed by atoms with van der Waals surface area (Å²) in [5.74, 6) is 0.248. The normalized spacial score (nSPS) is 9.86. The van der Waals surface area contributed by atoms with Gasteiger partial charge in [-0.1, -0.05) is 0 Å². The molecular formula is C9H14N4O. The molecular weight excluding hydrogens is 180 g/mol. The average molecular weight is 194 g/mol. The molecule has 5 nitrogen and oxygen atoms in total. The lowest BCUT2D eigenvalue weighted by Gasteiger charge is -2.06. The van der Waals surface area contributed by atoms with Crippen molar-refractivity contribution in [3.63, 3.8) is 0 Å². The van der Waals surface area contributed by atoms with Crippen molar-refractivity contribution in [2.45, 2.75) is 6.92 Å². The Morgan fingerprint density at radius 1 is 1.57 bits per heavy atom. The number of aromatic nitrogens is 1. The number of rotatable bonds is 4. The summed E-state index contributed by atoms with van der Waals surface area (Å²) in [6.07, 6.45) is 0. The second-order valence-electron chi connectivity index (χ2n) is 2.91. The van der Waals surface area contributed by atoms with Gasteiger partial charge >= 0.3 is 0 Å². The van der Waals surface area contributed by atoms with Crippen LogP contribution in [0.2, 0.25) is 0 Å². The van der Waals surface area contributed by atoms with Crippen LogP contribution in [-0.4, -0.2) is 24.0 Å². The van der Waals surface area contributed by atoms with E-state index in [1.165, 1.54) is 0 Å². The molecule has 0 atom stereocenters. The fourth-order valence-corrected chi connectivity index (χ4v) is 1.12. The van der Waals surface area contributed by atoms with Gasteiger partial charge in [0.15, 0.2) is 0 Å². The standard InChI is InChI=1S/C9H14N4O/c1-6-7(9(11)14)2-3-8(13-6)12-5-4-10/h2-3H,4-5,10H2,1H3,(H2,11,14)(H,12,13). The van der Waals surface area contributed by atoms with Gasteiger partial charge in [-0.15, -0.1) is 0 Å². The highest BCUT2D eigenvalue weighted by Gasteiger charge is 2.05. The highest BCUT2D eigenvalue weighted by atomic mass is 16.1. The lowest BCUT2D eigenvalue weighted by atomic mass is 10.2. The molecule has 0 aromatic carbocycles. The smallest absolute Gasteiger partial charge is 0.250 e.